The van der Waals surface area contributed by atoms with E-state index in [-0.39, 0.29) is 11.9 Å². The minimum Gasteiger partial charge on any atom is -0.350 e. The molecule has 21 heavy (non-hydrogen) atoms. The van der Waals surface area contributed by atoms with Crippen LogP contribution in [-0.4, -0.2) is 24.4 Å². The van der Waals surface area contributed by atoms with Crippen LogP contribution in [0.4, 0.5) is 0 Å². The van der Waals surface area contributed by atoms with Crippen molar-refractivity contribution in [2.75, 3.05) is 13.6 Å². The Morgan fingerprint density at radius 3 is 2.86 bits per heavy atom. The summed E-state index contributed by atoms with van der Waals surface area (Å²) in [5.41, 5.74) is 1.11. The van der Waals surface area contributed by atoms with Crippen molar-refractivity contribution in [1.82, 2.24) is 10.2 Å². The van der Waals surface area contributed by atoms with Crippen molar-refractivity contribution in [2.45, 2.75) is 19.5 Å². The SMILES string of the molecule is CC(c1cccc(Cl)c1)N(C)CC(=O)NCc1cccs1. The van der Waals surface area contributed by atoms with Crippen LogP contribution >= 0.6 is 22.9 Å². The van der Waals surface area contributed by atoms with E-state index in [1.54, 1.807) is 11.3 Å². The van der Waals surface area contributed by atoms with Gasteiger partial charge in [-0.25, -0.2) is 0 Å². The van der Waals surface area contributed by atoms with E-state index in [0.717, 1.165) is 15.5 Å². The Kier molecular flexibility index (Phi) is 5.79. The maximum Gasteiger partial charge on any atom is 0.234 e. The molecule has 0 bridgehead atoms. The van der Waals surface area contributed by atoms with E-state index in [0.29, 0.717) is 13.1 Å². The Labute approximate surface area is 134 Å². The summed E-state index contributed by atoms with van der Waals surface area (Å²) in [6, 6.07) is 11.9. The average molecular weight is 323 g/mol. The van der Waals surface area contributed by atoms with Crippen molar-refractivity contribution in [1.29, 1.82) is 0 Å². The van der Waals surface area contributed by atoms with Crippen molar-refractivity contribution < 1.29 is 4.79 Å². The molecule has 0 radical (unpaired) electrons. The van der Waals surface area contributed by atoms with Crippen LogP contribution in [0.1, 0.15) is 23.4 Å². The quantitative estimate of drug-likeness (QED) is 0.879. The number of nitrogens with one attached hydrogen (secondary N) is 1. The number of nitrogens with zero attached hydrogens (tertiary/aromatic N) is 1. The highest BCUT2D eigenvalue weighted by molar-refractivity contribution is 7.09. The summed E-state index contributed by atoms with van der Waals surface area (Å²) in [4.78, 5) is 15.1. The molecule has 0 fully saturated rings. The van der Waals surface area contributed by atoms with E-state index in [1.807, 2.05) is 53.7 Å². The number of halogens is 1. The van der Waals surface area contributed by atoms with Crippen LogP contribution in [0.15, 0.2) is 41.8 Å². The number of carbonyl (C=O) groups excluding carboxylic acids is 1. The lowest BCUT2D eigenvalue weighted by molar-refractivity contribution is -0.122. The minimum absolute atomic E-state index is 0.0276. The average Bonchev–Trinajstić information content (AvgIpc) is 2.97. The number of hydrogen-bond donors (Lipinski definition) is 1. The predicted octanol–water partition coefficient (Wildman–Crippen LogP) is 3.71. The largest absolute Gasteiger partial charge is 0.350 e. The molecule has 0 aliphatic heterocycles. The molecule has 2 rings (SSSR count). The van der Waals surface area contributed by atoms with E-state index in [4.69, 9.17) is 11.6 Å². The van der Waals surface area contributed by atoms with Crippen LogP contribution in [0.5, 0.6) is 0 Å². The molecule has 0 saturated carbocycles. The van der Waals surface area contributed by atoms with Gasteiger partial charge < -0.3 is 5.32 Å². The van der Waals surface area contributed by atoms with Crippen LogP contribution in [0.3, 0.4) is 0 Å². The van der Waals surface area contributed by atoms with E-state index >= 15 is 0 Å². The first-order valence-corrected chi connectivity index (χ1v) is 8.07. The highest BCUT2D eigenvalue weighted by Gasteiger charge is 2.15. The molecule has 5 heteroatoms. The standard InChI is InChI=1S/C16H19ClN2OS/c1-12(13-5-3-6-14(17)9-13)19(2)11-16(20)18-10-15-7-4-8-21-15/h3-9,12H,10-11H2,1-2H3,(H,18,20). The minimum atomic E-state index is 0.0276. The smallest absolute Gasteiger partial charge is 0.234 e. The second kappa shape index (κ2) is 7.59. The van der Waals surface area contributed by atoms with Gasteiger partial charge in [-0.1, -0.05) is 29.8 Å². The molecular weight excluding hydrogens is 304 g/mol. The van der Waals surface area contributed by atoms with Gasteiger partial charge in [-0.2, -0.15) is 0 Å². The van der Waals surface area contributed by atoms with Gasteiger partial charge in [0.2, 0.25) is 5.91 Å². The van der Waals surface area contributed by atoms with E-state index in [9.17, 15) is 4.79 Å². The van der Waals surface area contributed by atoms with Crippen molar-refractivity contribution in [3.63, 3.8) is 0 Å². The second-order valence-corrected chi connectivity index (χ2v) is 6.47. The molecule has 0 aliphatic carbocycles. The third kappa shape index (κ3) is 4.84. The number of hydrogen-bond acceptors (Lipinski definition) is 3. The number of carbonyl (C=O) groups is 1. The van der Waals surface area contributed by atoms with Crippen molar-refractivity contribution >= 4 is 28.8 Å². The van der Waals surface area contributed by atoms with Gasteiger partial charge >= 0.3 is 0 Å². The number of likely N-dealkylation sites (N-methyl/N-ethyl adjacent to an activating group) is 1. The first-order chi connectivity index (χ1) is 10.1. The molecule has 1 unspecified atom stereocenters. The highest BCUT2D eigenvalue weighted by atomic mass is 35.5. The zero-order valence-corrected chi connectivity index (χ0v) is 13.7. The van der Waals surface area contributed by atoms with Crippen LogP contribution in [-0.2, 0) is 11.3 Å². The molecule has 0 saturated heterocycles. The Hall–Kier alpha value is -1.36. The third-order valence-electron chi connectivity index (χ3n) is 3.43. The fourth-order valence-electron chi connectivity index (χ4n) is 2.04. The predicted molar refractivity (Wildman–Crippen MR) is 88.7 cm³/mol. The molecule has 0 aliphatic rings. The van der Waals surface area contributed by atoms with Gasteiger partial charge in [-0.3, -0.25) is 9.69 Å². The molecular formula is C16H19ClN2OS. The lowest BCUT2D eigenvalue weighted by Crippen LogP contribution is -2.36. The zero-order valence-electron chi connectivity index (χ0n) is 12.2. The highest BCUT2D eigenvalue weighted by Crippen LogP contribution is 2.21. The molecule has 0 spiro atoms. The molecule has 112 valence electrons. The Morgan fingerprint density at radius 1 is 1.38 bits per heavy atom. The number of amides is 1. The first kappa shape index (κ1) is 16.0. The van der Waals surface area contributed by atoms with Gasteiger partial charge in [0.1, 0.15) is 0 Å². The molecule has 1 heterocycles. The van der Waals surface area contributed by atoms with Crippen molar-refractivity contribution in [3.8, 4) is 0 Å². The Bertz CT molecular complexity index is 586. The fourth-order valence-corrected chi connectivity index (χ4v) is 2.88. The van der Waals surface area contributed by atoms with Gasteiger partial charge in [0, 0.05) is 15.9 Å². The summed E-state index contributed by atoms with van der Waals surface area (Å²) in [5, 5.41) is 5.66. The van der Waals surface area contributed by atoms with Gasteiger partial charge in [-0.05, 0) is 43.1 Å². The molecule has 2 aromatic rings. The molecule has 1 amide bonds. The maximum absolute atomic E-state index is 12.0. The second-order valence-electron chi connectivity index (χ2n) is 5.00. The maximum atomic E-state index is 12.0. The summed E-state index contributed by atoms with van der Waals surface area (Å²) < 4.78 is 0. The summed E-state index contributed by atoms with van der Waals surface area (Å²) in [5.74, 6) is 0.0276. The third-order valence-corrected chi connectivity index (χ3v) is 4.54. The lowest BCUT2D eigenvalue weighted by Gasteiger charge is -2.24. The van der Waals surface area contributed by atoms with Gasteiger partial charge in [0.25, 0.3) is 0 Å². The van der Waals surface area contributed by atoms with Crippen LogP contribution in [0.25, 0.3) is 0 Å². The summed E-state index contributed by atoms with van der Waals surface area (Å²) in [6.45, 7) is 3.02. The molecule has 1 aromatic carbocycles. The zero-order chi connectivity index (χ0) is 15.2. The number of benzene rings is 1. The fraction of sp³-hybridized carbons (Fsp3) is 0.312. The topological polar surface area (TPSA) is 32.3 Å². The number of rotatable bonds is 6. The van der Waals surface area contributed by atoms with E-state index in [1.165, 1.54) is 0 Å². The molecule has 1 aromatic heterocycles. The number of thiophene rings is 1. The van der Waals surface area contributed by atoms with Crippen LogP contribution in [0.2, 0.25) is 5.02 Å². The van der Waals surface area contributed by atoms with Gasteiger partial charge in [0.05, 0.1) is 13.1 Å². The normalized spacial score (nSPS) is 12.4. The molecule has 1 atom stereocenters. The lowest BCUT2D eigenvalue weighted by atomic mass is 10.1. The van der Waals surface area contributed by atoms with E-state index in [2.05, 4.69) is 12.2 Å². The summed E-state index contributed by atoms with van der Waals surface area (Å²) in [7, 11) is 1.94. The monoisotopic (exact) mass is 322 g/mol. The Morgan fingerprint density at radius 2 is 2.19 bits per heavy atom. The Balaban J connectivity index is 1.85. The molecule has 1 N–H and O–H groups in total. The van der Waals surface area contributed by atoms with Crippen molar-refractivity contribution in [3.05, 3.63) is 57.2 Å². The first-order valence-electron chi connectivity index (χ1n) is 6.81. The molecule has 3 nitrogen and oxygen atoms in total. The van der Waals surface area contributed by atoms with Gasteiger partial charge in [0.15, 0.2) is 0 Å². The summed E-state index contributed by atoms with van der Waals surface area (Å²) in [6.07, 6.45) is 0. The van der Waals surface area contributed by atoms with Crippen molar-refractivity contribution in [2.24, 2.45) is 0 Å². The van der Waals surface area contributed by atoms with Gasteiger partial charge in [-0.15, -0.1) is 11.3 Å². The van der Waals surface area contributed by atoms with Crippen LogP contribution in [0, 0.1) is 0 Å². The van der Waals surface area contributed by atoms with E-state index < -0.39 is 0 Å². The summed E-state index contributed by atoms with van der Waals surface area (Å²) >= 11 is 7.66. The van der Waals surface area contributed by atoms with Crippen LogP contribution < -0.4 is 5.32 Å².